The number of rotatable bonds is 4. The van der Waals surface area contributed by atoms with Crippen LogP contribution in [0.3, 0.4) is 0 Å². The van der Waals surface area contributed by atoms with E-state index in [0.717, 1.165) is 12.0 Å². The summed E-state index contributed by atoms with van der Waals surface area (Å²) >= 11 is 6.00. The largest absolute Gasteiger partial charge is 0.478 e. The van der Waals surface area contributed by atoms with Crippen LogP contribution >= 0.6 is 11.6 Å². The van der Waals surface area contributed by atoms with Crippen molar-refractivity contribution in [1.29, 1.82) is 0 Å². The molecule has 2 nitrogen and oxygen atoms in total. The van der Waals surface area contributed by atoms with Gasteiger partial charge in [-0.3, -0.25) is 0 Å². The molecular weight excluding hydrogens is 224 g/mol. The molecule has 0 fully saturated rings. The van der Waals surface area contributed by atoms with Crippen LogP contribution in [0.2, 0.25) is 0 Å². The summed E-state index contributed by atoms with van der Waals surface area (Å²) in [6.45, 7) is 6.19. The highest BCUT2D eigenvalue weighted by Gasteiger charge is 2.22. The minimum Gasteiger partial charge on any atom is -0.478 e. The molecule has 1 N–H and O–H groups in total. The van der Waals surface area contributed by atoms with Gasteiger partial charge in [0.15, 0.2) is 0 Å². The fourth-order valence-corrected chi connectivity index (χ4v) is 2.27. The van der Waals surface area contributed by atoms with E-state index in [-0.39, 0.29) is 10.8 Å². The maximum atomic E-state index is 10.7. The zero-order chi connectivity index (χ0) is 12.3. The van der Waals surface area contributed by atoms with E-state index in [1.165, 1.54) is 0 Å². The average Bonchev–Trinajstić information content (AvgIpc) is 2.16. The molecule has 1 aromatic rings. The molecule has 0 aliphatic rings. The zero-order valence-electron chi connectivity index (χ0n) is 9.83. The Morgan fingerprint density at radius 2 is 1.88 bits per heavy atom. The third kappa shape index (κ3) is 3.24. The van der Waals surface area contributed by atoms with Gasteiger partial charge in [0, 0.05) is 5.38 Å². The number of hydrogen-bond acceptors (Lipinski definition) is 1. The first-order chi connectivity index (χ1) is 7.33. The number of benzene rings is 1. The van der Waals surface area contributed by atoms with Crippen LogP contribution in [0.5, 0.6) is 0 Å². The normalized spacial score (nSPS) is 13.5. The Labute approximate surface area is 101 Å². The Balaban J connectivity index is 2.92. The SMILES string of the molecule is CC(Cl)CC(C)(C)c1ccc(C(=O)O)cc1. The lowest BCUT2D eigenvalue weighted by Crippen LogP contribution is -2.20. The highest BCUT2D eigenvalue weighted by atomic mass is 35.5. The third-order valence-electron chi connectivity index (χ3n) is 2.70. The topological polar surface area (TPSA) is 37.3 Å². The average molecular weight is 241 g/mol. The van der Waals surface area contributed by atoms with Gasteiger partial charge in [0.2, 0.25) is 0 Å². The number of carboxylic acids is 1. The van der Waals surface area contributed by atoms with Crippen molar-refractivity contribution in [2.24, 2.45) is 0 Å². The smallest absolute Gasteiger partial charge is 0.335 e. The Bertz CT molecular complexity index is 366. The van der Waals surface area contributed by atoms with Crippen molar-refractivity contribution in [2.45, 2.75) is 38.0 Å². The van der Waals surface area contributed by atoms with E-state index in [0.29, 0.717) is 5.56 Å². The van der Waals surface area contributed by atoms with Crippen LogP contribution in [0.25, 0.3) is 0 Å². The predicted molar refractivity (Wildman–Crippen MR) is 66.4 cm³/mol. The summed E-state index contributed by atoms with van der Waals surface area (Å²) in [6, 6.07) is 7.00. The summed E-state index contributed by atoms with van der Waals surface area (Å²) < 4.78 is 0. The van der Waals surface area contributed by atoms with E-state index in [9.17, 15) is 4.79 Å². The van der Waals surface area contributed by atoms with Gasteiger partial charge in [-0.15, -0.1) is 11.6 Å². The number of alkyl halides is 1. The molecule has 0 radical (unpaired) electrons. The van der Waals surface area contributed by atoms with Crippen molar-refractivity contribution in [1.82, 2.24) is 0 Å². The van der Waals surface area contributed by atoms with E-state index < -0.39 is 5.97 Å². The van der Waals surface area contributed by atoms with Crippen LogP contribution in [0.1, 0.15) is 43.1 Å². The molecular formula is C13H17ClO2. The van der Waals surface area contributed by atoms with Gasteiger partial charge in [0.1, 0.15) is 0 Å². The standard InChI is InChI=1S/C13H17ClO2/c1-9(14)8-13(2,3)11-6-4-10(5-7-11)12(15)16/h4-7,9H,8H2,1-3H3,(H,15,16). The fraction of sp³-hybridized carbons (Fsp3) is 0.462. The van der Waals surface area contributed by atoms with Gasteiger partial charge in [0.05, 0.1) is 5.56 Å². The van der Waals surface area contributed by atoms with Crippen LogP contribution in [-0.4, -0.2) is 16.5 Å². The second kappa shape index (κ2) is 4.88. The molecule has 0 amide bonds. The predicted octanol–water partition coefficient (Wildman–Crippen LogP) is 3.68. The first-order valence-electron chi connectivity index (χ1n) is 5.31. The Kier molecular flexibility index (Phi) is 3.98. The molecule has 1 unspecified atom stereocenters. The molecule has 0 aliphatic carbocycles. The van der Waals surface area contributed by atoms with Crippen molar-refractivity contribution in [3.63, 3.8) is 0 Å². The van der Waals surface area contributed by atoms with Crippen LogP contribution < -0.4 is 0 Å². The van der Waals surface area contributed by atoms with Crippen molar-refractivity contribution >= 4 is 17.6 Å². The summed E-state index contributed by atoms with van der Waals surface area (Å²) in [6.07, 6.45) is 0.862. The Morgan fingerprint density at radius 3 is 2.25 bits per heavy atom. The van der Waals surface area contributed by atoms with Crippen LogP contribution in [0.15, 0.2) is 24.3 Å². The maximum absolute atomic E-state index is 10.7. The first-order valence-corrected chi connectivity index (χ1v) is 5.74. The summed E-state index contributed by atoms with van der Waals surface area (Å²) in [5.74, 6) is -0.893. The molecule has 0 heterocycles. The molecule has 0 saturated heterocycles. The lowest BCUT2D eigenvalue weighted by Gasteiger charge is -2.26. The minimum absolute atomic E-state index is 0.0296. The molecule has 0 bridgehead atoms. The van der Waals surface area contributed by atoms with Gasteiger partial charge in [-0.1, -0.05) is 26.0 Å². The first kappa shape index (κ1) is 13.0. The highest BCUT2D eigenvalue weighted by Crippen LogP contribution is 2.30. The highest BCUT2D eigenvalue weighted by molar-refractivity contribution is 6.20. The summed E-state index contributed by atoms with van der Waals surface area (Å²) in [5.41, 5.74) is 1.40. The number of aromatic carboxylic acids is 1. The van der Waals surface area contributed by atoms with E-state index >= 15 is 0 Å². The lowest BCUT2D eigenvalue weighted by molar-refractivity contribution is 0.0697. The van der Waals surface area contributed by atoms with Crippen LogP contribution in [0, 0.1) is 0 Å². The van der Waals surface area contributed by atoms with E-state index in [1.54, 1.807) is 12.1 Å². The van der Waals surface area contributed by atoms with Crippen molar-refractivity contribution < 1.29 is 9.90 Å². The van der Waals surface area contributed by atoms with Gasteiger partial charge in [-0.2, -0.15) is 0 Å². The second-order valence-corrected chi connectivity index (χ2v) is 5.50. The number of carboxylic acid groups (broad SMARTS) is 1. The Morgan fingerprint density at radius 1 is 1.38 bits per heavy atom. The lowest BCUT2D eigenvalue weighted by atomic mass is 9.80. The molecule has 1 aromatic carbocycles. The molecule has 1 rings (SSSR count). The van der Waals surface area contributed by atoms with Crippen molar-refractivity contribution in [2.75, 3.05) is 0 Å². The van der Waals surface area contributed by atoms with Crippen molar-refractivity contribution in [3.8, 4) is 0 Å². The van der Waals surface area contributed by atoms with Crippen molar-refractivity contribution in [3.05, 3.63) is 35.4 Å². The Hall–Kier alpha value is -1.02. The molecule has 0 spiro atoms. The number of carbonyl (C=O) groups is 1. The van der Waals surface area contributed by atoms with E-state index in [4.69, 9.17) is 16.7 Å². The third-order valence-corrected chi connectivity index (χ3v) is 2.86. The summed E-state index contributed by atoms with van der Waals surface area (Å²) in [7, 11) is 0. The zero-order valence-corrected chi connectivity index (χ0v) is 10.6. The van der Waals surface area contributed by atoms with Gasteiger partial charge >= 0.3 is 5.97 Å². The molecule has 1 atom stereocenters. The number of halogens is 1. The number of hydrogen-bond donors (Lipinski definition) is 1. The molecule has 16 heavy (non-hydrogen) atoms. The summed E-state index contributed by atoms with van der Waals surface area (Å²) in [5, 5.41) is 8.91. The van der Waals surface area contributed by atoms with Gasteiger partial charge < -0.3 is 5.11 Å². The minimum atomic E-state index is -0.893. The maximum Gasteiger partial charge on any atom is 0.335 e. The second-order valence-electron chi connectivity index (χ2n) is 4.75. The molecule has 0 saturated carbocycles. The van der Waals surface area contributed by atoms with Gasteiger partial charge in [-0.25, -0.2) is 4.79 Å². The van der Waals surface area contributed by atoms with Gasteiger partial charge in [0.25, 0.3) is 0 Å². The van der Waals surface area contributed by atoms with Crippen LogP contribution in [-0.2, 0) is 5.41 Å². The monoisotopic (exact) mass is 240 g/mol. The molecule has 88 valence electrons. The van der Waals surface area contributed by atoms with E-state index in [1.807, 2.05) is 19.1 Å². The molecule has 0 aromatic heterocycles. The quantitative estimate of drug-likeness (QED) is 0.816. The fourth-order valence-electron chi connectivity index (χ4n) is 1.89. The van der Waals surface area contributed by atoms with E-state index in [2.05, 4.69) is 13.8 Å². The molecule has 0 aliphatic heterocycles. The molecule has 3 heteroatoms. The van der Waals surface area contributed by atoms with Crippen LogP contribution in [0.4, 0.5) is 0 Å². The summed E-state index contributed by atoms with van der Waals surface area (Å²) in [4.78, 5) is 10.7. The van der Waals surface area contributed by atoms with Gasteiger partial charge in [-0.05, 0) is 36.5 Å².